The monoisotopic (exact) mass is 562 g/mol. The van der Waals surface area contributed by atoms with Gasteiger partial charge in [-0.05, 0) is 49.8 Å². The van der Waals surface area contributed by atoms with Gasteiger partial charge >= 0.3 is 5.97 Å². The van der Waals surface area contributed by atoms with E-state index in [-0.39, 0.29) is 31.8 Å². The van der Waals surface area contributed by atoms with Gasteiger partial charge in [0, 0.05) is 30.1 Å². The Kier molecular flexibility index (Phi) is 12.6. The third-order valence-electron chi connectivity index (χ3n) is 5.95. The number of guanidine groups is 1. The highest BCUT2D eigenvalue weighted by Crippen LogP contribution is 2.19. The number of carbonyl (C=O) groups excluding carboxylic acids is 3. The molecule has 13 nitrogen and oxygen atoms in total. The predicted molar refractivity (Wildman–Crippen MR) is 152 cm³/mol. The van der Waals surface area contributed by atoms with Crippen LogP contribution in [-0.2, 0) is 25.6 Å². The highest BCUT2D eigenvalue weighted by atomic mass is 32.2. The minimum atomic E-state index is -1.22. The molecule has 0 aliphatic rings. The van der Waals surface area contributed by atoms with Crippen LogP contribution in [-0.4, -0.2) is 82.5 Å². The molecule has 0 bridgehead atoms. The molecule has 0 radical (unpaired) electrons. The zero-order valence-corrected chi connectivity index (χ0v) is 22.9. The van der Waals surface area contributed by atoms with Crippen molar-refractivity contribution < 1.29 is 24.3 Å². The first-order chi connectivity index (χ1) is 18.5. The Hall–Kier alpha value is -3.78. The van der Waals surface area contributed by atoms with Crippen molar-refractivity contribution in [3.63, 3.8) is 0 Å². The molecule has 0 saturated heterocycles. The molecular formula is C25H38N8O5S. The van der Waals surface area contributed by atoms with Gasteiger partial charge in [0.05, 0.1) is 6.04 Å². The zero-order chi connectivity index (χ0) is 28.9. The van der Waals surface area contributed by atoms with Crippen molar-refractivity contribution in [1.29, 1.82) is 0 Å². The predicted octanol–water partition coefficient (Wildman–Crippen LogP) is -0.597. The number of rotatable bonds is 16. The minimum absolute atomic E-state index is 0.0919. The Bertz CT molecular complexity index is 1160. The van der Waals surface area contributed by atoms with E-state index in [2.05, 4.69) is 25.9 Å². The summed E-state index contributed by atoms with van der Waals surface area (Å²) in [7, 11) is 0. The van der Waals surface area contributed by atoms with E-state index in [1.54, 1.807) is 6.20 Å². The van der Waals surface area contributed by atoms with Crippen molar-refractivity contribution in [2.24, 2.45) is 22.2 Å². The van der Waals surface area contributed by atoms with Gasteiger partial charge in [-0.1, -0.05) is 18.2 Å². The van der Waals surface area contributed by atoms with Gasteiger partial charge in [0.15, 0.2) is 5.96 Å². The number of H-pyrrole nitrogens is 1. The Morgan fingerprint density at radius 2 is 1.64 bits per heavy atom. The first kappa shape index (κ1) is 31.4. The molecule has 1 aromatic heterocycles. The topological polar surface area (TPSA) is 231 Å². The molecule has 2 rings (SSSR count). The maximum absolute atomic E-state index is 13.4. The molecule has 11 N–H and O–H groups in total. The number of nitrogens with zero attached hydrogens (tertiary/aromatic N) is 1. The van der Waals surface area contributed by atoms with Crippen LogP contribution in [0.3, 0.4) is 0 Å². The fourth-order valence-electron chi connectivity index (χ4n) is 3.84. The second-order valence-electron chi connectivity index (χ2n) is 9.10. The second-order valence-corrected chi connectivity index (χ2v) is 10.1. The summed E-state index contributed by atoms with van der Waals surface area (Å²) in [5.74, 6) is -2.55. The van der Waals surface area contributed by atoms with E-state index in [1.807, 2.05) is 30.5 Å². The number of benzene rings is 1. The number of hydrogen-bond acceptors (Lipinski definition) is 7. The quantitative estimate of drug-likeness (QED) is 0.0740. The first-order valence-corrected chi connectivity index (χ1v) is 13.9. The SMILES string of the molecule is CSCCC(NC(=O)C(Cc1c[nH]c2ccccc12)NC(=O)C(C)N)C(=O)NC(CCCN=C(N)N)C(=O)O. The summed E-state index contributed by atoms with van der Waals surface area (Å²) in [6.07, 6.45) is 4.43. The summed E-state index contributed by atoms with van der Waals surface area (Å²) in [4.78, 5) is 57.7. The number of aromatic amines is 1. The van der Waals surface area contributed by atoms with E-state index in [1.165, 1.54) is 18.7 Å². The molecule has 1 heterocycles. The number of aliphatic imine (C=N–C) groups is 1. The van der Waals surface area contributed by atoms with E-state index in [4.69, 9.17) is 17.2 Å². The van der Waals surface area contributed by atoms with Gasteiger partial charge in [-0.15, -0.1) is 0 Å². The molecule has 14 heteroatoms. The Morgan fingerprint density at radius 3 is 2.28 bits per heavy atom. The van der Waals surface area contributed by atoms with Crippen molar-refractivity contribution in [2.75, 3.05) is 18.6 Å². The summed E-state index contributed by atoms with van der Waals surface area (Å²) in [5, 5.41) is 18.4. The van der Waals surface area contributed by atoms with Gasteiger partial charge in [-0.2, -0.15) is 11.8 Å². The molecular weight excluding hydrogens is 524 g/mol. The van der Waals surface area contributed by atoms with Gasteiger partial charge in [-0.25, -0.2) is 4.79 Å². The zero-order valence-electron chi connectivity index (χ0n) is 22.1. The molecule has 0 fully saturated rings. The highest BCUT2D eigenvalue weighted by Gasteiger charge is 2.30. The van der Waals surface area contributed by atoms with Gasteiger partial charge in [0.1, 0.15) is 18.1 Å². The summed E-state index contributed by atoms with van der Waals surface area (Å²) in [5.41, 5.74) is 18.0. The smallest absolute Gasteiger partial charge is 0.326 e. The normalized spacial score (nSPS) is 14.0. The number of para-hydroxylation sites is 1. The number of carboxylic acid groups (broad SMARTS) is 1. The molecule has 3 amide bonds. The summed E-state index contributed by atoms with van der Waals surface area (Å²) >= 11 is 1.47. The number of carbonyl (C=O) groups is 4. The molecule has 4 atom stereocenters. The number of fused-ring (bicyclic) bond motifs is 1. The van der Waals surface area contributed by atoms with E-state index in [9.17, 15) is 24.3 Å². The van der Waals surface area contributed by atoms with Crippen molar-refractivity contribution >= 4 is 52.3 Å². The Labute approximate surface area is 231 Å². The van der Waals surface area contributed by atoms with Crippen LogP contribution >= 0.6 is 11.8 Å². The van der Waals surface area contributed by atoms with Crippen LogP contribution in [0.15, 0.2) is 35.5 Å². The van der Waals surface area contributed by atoms with Crippen molar-refractivity contribution in [2.45, 2.75) is 56.8 Å². The minimum Gasteiger partial charge on any atom is -0.480 e. The van der Waals surface area contributed by atoms with Crippen LogP contribution in [0.5, 0.6) is 0 Å². The van der Waals surface area contributed by atoms with Crippen LogP contribution in [0.1, 0.15) is 31.7 Å². The number of amides is 3. The third kappa shape index (κ3) is 10.1. The molecule has 4 unspecified atom stereocenters. The van der Waals surface area contributed by atoms with E-state index < -0.39 is 47.9 Å². The van der Waals surface area contributed by atoms with Gasteiger partial charge in [0.2, 0.25) is 17.7 Å². The molecule has 0 aliphatic carbocycles. The number of hydrogen-bond donors (Lipinski definition) is 8. The van der Waals surface area contributed by atoms with E-state index in [0.29, 0.717) is 12.2 Å². The summed E-state index contributed by atoms with van der Waals surface area (Å²) in [6.45, 7) is 1.72. The fraction of sp³-hybridized carbons (Fsp3) is 0.480. The number of nitrogens with two attached hydrogens (primary N) is 3. The van der Waals surface area contributed by atoms with Crippen molar-refractivity contribution in [3.8, 4) is 0 Å². The maximum Gasteiger partial charge on any atom is 0.326 e. The van der Waals surface area contributed by atoms with Crippen LogP contribution in [0, 0.1) is 0 Å². The standard InChI is InChI=1S/C25H38N8O5S/c1-14(26)21(34)33-20(12-15-13-30-17-7-4-3-6-16(15)17)23(36)31-18(9-11-39-2)22(35)32-19(24(37)38)8-5-10-29-25(27)28/h3-4,6-7,13-14,18-20,30H,5,8-12,26H2,1-2H3,(H,31,36)(H,32,35)(H,33,34)(H,37,38)(H4,27,28,29). The van der Waals surface area contributed by atoms with Crippen LogP contribution in [0.4, 0.5) is 0 Å². The maximum atomic E-state index is 13.4. The number of carboxylic acids is 1. The molecule has 0 aliphatic heterocycles. The van der Waals surface area contributed by atoms with Gasteiger partial charge < -0.3 is 43.2 Å². The second kappa shape index (κ2) is 15.6. The summed E-state index contributed by atoms with van der Waals surface area (Å²) < 4.78 is 0. The summed E-state index contributed by atoms with van der Waals surface area (Å²) in [6, 6.07) is 3.45. The molecule has 2 aromatic rings. The molecule has 0 saturated carbocycles. The van der Waals surface area contributed by atoms with Crippen LogP contribution in [0.2, 0.25) is 0 Å². The lowest BCUT2D eigenvalue weighted by Gasteiger charge is -2.25. The molecule has 0 spiro atoms. The van der Waals surface area contributed by atoms with Crippen LogP contribution < -0.4 is 33.2 Å². The Morgan fingerprint density at radius 1 is 1.00 bits per heavy atom. The largest absolute Gasteiger partial charge is 0.480 e. The number of aliphatic carboxylic acids is 1. The van der Waals surface area contributed by atoms with Crippen LogP contribution in [0.25, 0.3) is 10.9 Å². The fourth-order valence-corrected chi connectivity index (χ4v) is 4.31. The highest BCUT2D eigenvalue weighted by molar-refractivity contribution is 7.98. The lowest BCUT2D eigenvalue weighted by molar-refractivity contribution is -0.142. The number of aromatic nitrogens is 1. The lowest BCUT2D eigenvalue weighted by Crippen LogP contribution is -2.57. The van der Waals surface area contributed by atoms with Gasteiger partial charge in [-0.3, -0.25) is 19.4 Å². The first-order valence-electron chi connectivity index (χ1n) is 12.5. The lowest BCUT2D eigenvalue weighted by atomic mass is 10.0. The van der Waals surface area contributed by atoms with Gasteiger partial charge in [0.25, 0.3) is 0 Å². The van der Waals surface area contributed by atoms with Crippen molar-refractivity contribution in [3.05, 3.63) is 36.0 Å². The molecule has 214 valence electrons. The third-order valence-corrected chi connectivity index (χ3v) is 6.59. The number of nitrogens with one attached hydrogen (secondary N) is 4. The Balaban J connectivity index is 2.19. The van der Waals surface area contributed by atoms with E-state index in [0.717, 1.165) is 16.5 Å². The average molecular weight is 563 g/mol. The van der Waals surface area contributed by atoms with Crippen molar-refractivity contribution in [1.82, 2.24) is 20.9 Å². The average Bonchev–Trinajstić information content (AvgIpc) is 3.29. The number of thioether (sulfide) groups is 1. The molecule has 1 aromatic carbocycles. The molecule has 39 heavy (non-hydrogen) atoms. The van der Waals surface area contributed by atoms with E-state index >= 15 is 0 Å².